The van der Waals surface area contributed by atoms with Crippen LogP contribution >= 0.6 is 0 Å². The summed E-state index contributed by atoms with van der Waals surface area (Å²) in [6.45, 7) is 5.41. The van der Waals surface area contributed by atoms with Crippen molar-refractivity contribution in [2.75, 3.05) is 13.2 Å². The van der Waals surface area contributed by atoms with E-state index in [0.29, 0.717) is 31.1 Å². The SMILES string of the molecule is CC1CCC23COC(=O)C2=CC(O)CC3C1(C)CCC1=CC(=O)OC1. The van der Waals surface area contributed by atoms with Crippen LogP contribution in [0.3, 0.4) is 0 Å². The number of aliphatic hydroxyl groups is 1. The second-order valence-corrected chi connectivity index (χ2v) is 8.52. The van der Waals surface area contributed by atoms with E-state index in [9.17, 15) is 14.7 Å². The summed E-state index contributed by atoms with van der Waals surface area (Å²) in [5, 5.41) is 10.4. The summed E-state index contributed by atoms with van der Waals surface area (Å²) < 4.78 is 10.5. The maximum Gasteiger partial charge on any atom is 0.334 e. The van der Waals surface area contributed by atoms with Crippen molar-refractivity contribution in [3.05, 3.63) is 23.3 Å². The summed E-state index contributed by atoms with van der Waals surface area (Å²) in [6.07, 6.45) is 7.17. The quantitative estimate of drug-likeness (QED) is 0.795. The number of esters is 2. The van der Waals surface area contributed by atoms with E-state index in [2.05, 4.69) is 13.8 Å². The van der Waals surface area contributed by atoms with Crippen LogP contribution in [0.5, 0.6) is 0 Å². The van der Waals surface area contributed by atoms with Crippen molar-refractivity contribution in [1.29, 1.82) is 0 Å². The van der Waals surface area contributed by atoms with Gasteiger partial charge in [0, 0.05) is 17.1 Å². The lowest BCUT2D eigenvalue weighted by molar-refractivity contribution is -0.136. The first-order valence-electron chi connectivity index (χ1n) is 9.29. The lowest BCUT2D eigenvalue weighted by atomic mass is 9.46. The Morgan fingerprint density at radius 1 is 1.32 bits per heavy atom. The molecule has 1 saturated heterocycles. The first kappa shape index (κ1) is 16.8. The molecule has 0 radical (unpaired) electrons. The van der Waals surface area contributed by atoms with Crippen molar-refractivity contribution in [1.82, 2.24) is 0 Å². The Morgan fingerprint density at radius 3 is 2.84 bits per heavy atom. The molecule has 0 aromatic rings. The van der Waals surface area contributed by atoms with Gasteiger partial charge in [-0.05, 0) is 61.0 Å². The van der Waals surface area contributed by atoms with Crippen LogP contribution in [0, 0.1) is 22.7 Å². The summed E-state index contributed by atoms with van der Waals surface area (Å²) >= 11 is 0. The molecule has 1 N–H and O–H groups in total. The molecule has 4 aliphatic rings. The molecule has 2 aliphatic carbocycles. The van der Waals surface area contributed by atoms with Gasteiger partial charge in [0.1, 0.15) is 13.2 Å². The van der Waals surface area contributed by atoms with Crippen molar-refractivity contribution in [3.8, 4) is 0 Å². The van der Waals surface area contributed by atoms with Crippen LogP contribution in [0.4, 0.5) is 0 Å². The van der Waals surface area contributed by atoms with Gasteiger partial charge in [-0.3, -0.25) is 0 Å². The molecule has 25 heavy (non-hydrogen) atoms. The fourth-order valence-corrected chi connectivity index (χ4v) is 5.64. The van der Waals surface area contributed by atoms with E-state index in [1.165, 1.54) is 0 Å². The van der Waals surface area contributed by atoms with Crippen molar-refractivity contribution < 1.29 is 24.2 Å². The molecular formula is C20H26O5. The van der Waals surface area contributed by atoms with Gasteiger partial charge < -0.3 is 14.6 Å². The molecule has 1 spiro atoms. The molecule has 2 heterocycles. The second kappa shape index (κ2) is 5.70. The van der Waals surface area contributed by atoms with E-state index in [-0.39, 0.29) is 28.7 Å². The molecule has 5 nitrogen and oxygen atoms in total. The number of aliphatic hydroxyl groups excluding tert-OH is 1. The lowest BCUT2D eigenvalue weighted by Gasteiger charge is -2.57. The average molecular weight is 346 g/mol. The molecule has 5 heteroatoms. The van der Waals surface area contributed by atoms with Crippen LogP contribution in [-0.2, 0) is 19.1 Å². The number of ether oxygens (including phenoxy) is 2. The Morgan fingerprint density at radius 2 is 2.12 bits per heavy atom. The molecule has 0 amide bonds. The topological polar surface area (TPSA) is 72.8 Å². The van der Waals surface area contributed by atoms with Gasteiger partial charge >= 0.3 is 11.9 Å². The number of hydrogen-bond donors (Lipinski definition) is 1. The van der Waals surface area contributed by atoms with Crippen LogP contribution in [0.25, 0.3) is 0 Å². The number of carbonyl (C=O) groups is 2. The van der Waals surface area contributed by atoms with Gasteiger partial charge in [-0.2, -0.15) is 0 Å². The van der Waals surface area contributed by atoms with E-state index in [1.54, 1.807) is 12.2 Å². The number of carbonyl (C=O) groups excluding carboxylic acids is 2. The number of hydrogen-bond acceptors (Lipinski definition) is 5. The highest BCUT2D eigenvalue weighted by atomic mass is 16.5. The van der Waals surface area contributed by atoms with Crippen LogP contribution in [-0.4, -0.2) is 36.4 Å². The summed E-state index contributed by atoms with van der Waals surface area (Å²) in [7, 11) is 0. The van der Waals surface area contributed by atoms with Gasteiger partial charge in [0.2, 0.25) is 0 Å². The minimum Gasteiger partial charge on any atom is -0.461 e. The zero-order chi connectivity index (χ0) is 17.8. The van der Waals surface area contributed by atoms with E-state index in [4.69, 9.17) is 9.47 Å². The van der Waals surface area contributed by atoms with Crippen LogP contribution in [0.1, 0.15) is 46.0 Å². The first-order valence-corrected chi connectivity index (χ1v) is 9.29. The number of cyclic esters (lactones) is 2. The van der Waals surface area contributed by atoms with Gasteiger partial charge in [-0.25, -0.2) is 9.59 Å². The molecular weight excluding hydrogens is 320 g/mol. The molecule has 5 atom stereocenters. The third kappa shape index (κ3) is 2.47. The van der Waals surface area contributed by atoms with E-state index >= 15 is 0 Å². The predicted molar refractivity (Wildman–Crippen MR) is 90.4 cm³/mol. The number of rotatable bonds is 3. The molecule has 0 bridgehead atoms. The second-order valence-electron chi connectivity index (χ2n) is 8.52. The maximum atomic E-state index is 12.2. The lowest BCUT2D eigenvalue weighted by Crippen LogP contribution is -2.53. The largest absolute Gasteiger partial charge is 0.461 e. The summed E-state index contributed by atoms with van der Waals surface area (Å²) in [5.41, 5.74) is 1.49. The normalized spacial score (nSPS) is 42.9. The van der Waals surface area contributed by atoms with Gasteiger partial charge in [-0.15, -0.1) is 0 Å². The van der Waals surface area contributed by atoms with Gasteiger partial charge in [0.25, 0.3) is 0 Å². The predicted octanol–water partition coefficient (Wildman–Crippen LogP) is 2.54. The summed E-state index contributed by atoms with van der Waals surface area (Å²) in [6, 6.07) is 0. The molecule has 136 valence electrons. The van der Waals surface area contributed by atoms with Gasteiger partial charge in [0.05, 0.1) is 6.10 Å². The van der Waals surface area contributed by atoms with Gasteiger partial charge in [-0.1, -0.05) is 13.8 Å². The summed E-state index contributed by atoms with van der Waals surface area (Å²) in [4.78, 5) is 23.5. The van der Waals surface area contributed by atoms with E-state index in [1.807, 2.05) is 0 Å². The van der Waals surface area contributed by atoms with Crippen molar-refractivity contribution >= 4 is 11.9 Å². The molecule has 2 fully saturated rings. The standard InChI is InChI=1S/C20H26O5/c1-12-3-6-20-11-25-18(23)15(20)8-14(21)9-16(20)19(12,2)5-4-13-7-17(22)24-10-13/h7-8,12,14,16,21H,3-6,9-11H2,1-2H3. The van der Waals surface area contributed by atoms with Crippen molar-refractivity contribution in [2.45, 2.75) is 52.1 Å². The maximum absolute atomic E-state index is 12.2. The minimum absolute atomic E-state index is 0.0147. The van der Waals surface area contributed by atoms with Gasteiger partial charge in [0.15, 0.2) is 0 Å². The van der Waals surface area contributed by atoms with Crippen LogP contribution in [0.15, 0.2) is 23.3 Å². The highest BCUT2D eigenvalue weighted by molar-refractivity contribution is 5.93. The monoisotopic (exact) mass is 346 g/mol. The highest BCUT2D eigenvalue weighted by Gasteiger charge is 2.61. The molecule has 0 aromatic carbocycles. The molecule has 0 aromatic heterocycles. The average Bonchev–Trinajstić information content (AvgIpc) is 3.14. The Hall–Kier alpha value is -1.62. The fraction of sp³-hybridized carbons (Fsp3) is 0.700. The van der Waals surface area contributed by atoms with E-state index in [0.717, 1.165) is 31.3 Å². The Labute approximate surface area is 148 Å². The molecule has 4 rings (SSSR count). The fourth-order valence-electron chi connectivity index (χ4n) is 5.64. The molecule has 5 unspecified atom stereocenters. The first-order chi connectivity index (χ1) is 11.8. The summed E-state index contributed by atoms with van der Waals surface area (Å²) in [5.74, 6) is 0.201. The van der Waals surface area contributed by atoms with Crippen molar-refractivity contribution in [2.24, 2.45) is 22.7 Å². The zero-order valence-corrected chi connectivity index (χ0v) is 14.9. The Kier molecular flexibility index (Phi) is 3.83. The Balaban J connectivity index is 1.65. The smallest absolute Gasteiger partial charge is 0.334 e. The van der Waals surface area contributed by atoms with Crippen LogP contribution < -0.4 is 0 Å². The third-order valence-corrected chi connectivity index (χ3v) is 7.37. The zero-order valence-electron chi connectivity index (χ0n) is 14.9. The third-order valence-electron chi connectivity index (χ3n) is 7.37. The van der Waals surface area contributed by atoms with E-state index < -0.39 is 6.10 Å². The Bertz CT molecular complexity index is 678. The minimum atomic E-state index is -0.584. The van der Waals surface area contributed by atoms with Crippen LogP contribution in [0.2, 0.25) is 0 Å². The highest BCUT2D eigenvalue weighted by Crippen LogP contribution is 2.63. The van der Waals surface area contributed by atoms with Crippen molar-refractivity contribution in [3.63, 3.8) is 0 Å². The molecule has 2 aliphatic heterocycles. The molecule has 1 saturated carbocycles.